The van der Waals surface area contributed by atoms with E-state index >= 15 is 0 Å². The van der Waals surface area contributed by atoms with Gasteiger partial charge in [0, 0.05) is 30.6 Å². The Kier molecular flexibility index (Phi) is 4.22. The van der Waals surface area contributed by atoms with E-state index in [0.717, 1.165) is 22.4 Å². The van der Waals surface area contributed by atoms with Crippen LogP contribution in [0.1, 0.15) is 23.7 Å². The van der Waals surface area contributed by atoms with Crippen molar-refractivity contribution in [1.82, 2.24) is 4.57 Å². The molecule has 0 saturated carbocycles. The van der Waals surface area contributed by atoms with Gasteiger partial charge in [0.15, 0.2) is 0 Å². The number of rotatable bonds is 5. The predicted molar refractivity (Wildman–Crippen MR) is 94.5 cm³/mol. The molecule has 23 heavy (non-hydrogen) atoms. The van der Waals surface area contributed by atoms with Gasteiger partial charge in [0.1, 0.15) is 5.75 Å². The molecule has 3 aromatic rings. The summed E-state index contributed by atoms with van der Waals surface area (Å²) >= 11 is 0. The van der Waals surface area contributed by atoms with Gasteiger partial charge in [-0.15, -0.1) is 0 Å². The van der Waals surface area contributed by atoms with Gasteiger partial charge in [0.25, 0.3) is 0 Å². The summed E-state index contributed by atoms with van der Waals surface area (Å²) in [6.45, 7) is 4.15. The number of aromatic nitrogens is 1. The molecule has 0 saturated heterocycles. The van der Waals surface area contributed by atoms with Gasteiger partial charge in [-0.3, -0.25) is 0 Å². The number of aliphatic hydroxyl groups excluding tert-OH is 1. The lowest BCUT2D eigenvalue weighted by molar-refractivity contribution is 0.184. The topological polar surface area (TPSA) is 34.4 Å². The van der Waals surface area contributed by atoms with Crippen molar-refractivity contribution in [1.29, 1.82) is 0 Å². The molecule has 0 fully saturated rings. The molecule has 1 aromatic heterocycles. The largest absolute Gasteiger partial charge is 0.497 e. The maximum absolute atomic E-state index is 10.4. The Labute approximate surface area is 136 Å². The van der Waals surface area contributed by atoms with Gasteiger partial charge in [-0.05, 0) is 47.0 Å². The second kappa shape index (κ2) is 6.31. The van der Waals surface area contributed by atoms with Crippen LogP contribution in [0.4, 0.5) is 0 Å². The molecule has 3 heteroatoms. The molecule has 0 aliphatic rings. The minimum Gasteiger partial charge on any atom is -0.497 e. The zero-order valence-electron chi connectivity index (χ0n) is 13.5. The normalized spacial score (nSPS) is 12.3. The number of hydrogen-bond donors (Lipinski definition) is 1. The Morgan fingerprint density at radius 3 is 2.61 bits per heavy atom. The molecule has 2 aromatic carbocycles. The van der Waals surface area contributed by atoms with Gasteiger partial charge in [-0.2, -0.15) is 0 Å². The quantitative estimate of drug-likeness (QED) is 0.761. The van der Waals surface area contributed by atoms with Crippen LogP contribution in [0.5, 0.6) is 5.75 Å². The fourth-order valence-electron chi connectivity index (χ4n) is 2.80. The van der Waals surface area contributed by atoms with E-state index in [-0.39, 0.29) is 0 Å². The van der Waals surface area contributed by atoms with E-state index in [9.17, 15) is 5.11 Å². The van der Waals surface area contributed by atoms with Crippen LogP contribution in [-0.4, -0.2) is 16.8 Å². The summed E-state index contributed by atoms with van der Waals surface area (Å²) in [5.41, 5.74) is 4.06. The first-order valence-electron chi connectivity index (χ1n) is 7.64. The van der Waals surface area contributed by atoms with Crippen molar-refractivity contribution in [2.24, 2.45) is 7.05 Å². The summed E-state index contributed by atoms with van der Waals surface area (Å²) in [4.78, 5) is 0. The highest BCUT2D eigenvalue weighted by molar-refractivity contribution is 5.84. The second-order valence-corrected chi connectivity index (χ2v) is 5.80. The summed E-state index contributed by atoms with van der Waals surface area (Å²) in [6.07, 6.45) is 1.98. The third-order valence-electron chi connectivity index (χ3n) is 4.23. The van der Waals surface area contributed by atoms with Crippen molar-refractivity contribution in [2.45, 2.75) is 12.5 Å². The fraction of sp³-hybridized carbons (Fsp3) is 0.200. The Morgan fingerprint density at radius 2 is 1.91 bits per heavy atom. The second-order valence-electron chi connectivity index (χ2n) is 5.80. The van der Waals surface area contributed by atoms with Gasteiger partial charge < -0.3 is 14.4 Å². The molecule has 0 amide bonds. The SMILES string of the molecule is C=C(CC(O)c1ccc(OC)cc1)c1ccc2c(ccn2C)c1. The van der Waals surface area contributed by atoms with Gasteiger partial charge >= 0.3 is 0 Å². The highest BCUT2D eigenvalue weighted by Gasteiger charge is 2.11. The van der Waals surface area contributed by atoms with Crippen LogP contribution in [0.15, 0.2) is 61.3 Å². The lowest BCUT2D eigenvalue weighted by atomic mass is 9.96. The van der Waals surface area contributed by atoms with Gasteiger partial charge in [0.2, 0.25) is 0 Å². The lowest BCUT2D eigenvalue weighted by Gasteiger charge is -2.14. The molecule has 3 rings (SSSR count). The van der Waals surface area contributed by atoms with E-state index in [1.165, 1.54) is 10.9 Å². The van der Waals surface area contributed by atoms with Crippen molar-refractivity contribution in [3.63, 3.8) is 0 Å². The Bertz CT molecular complexity index is 830. The molecule has 0 aliphatic heterocycles. The van der Waals surface area contributed by atoms with Gasteiger partial charge in [0.05, 0.1) is 13.2 Å². The Morgan fingerprint density at radius 1 is 1.17 bits per heavy atom. The number of hydrogen-bond acceptors (Lipinski definition) is 2. The van der Waals surface area contributed by atoms with Crippen molar-refractivity contribution >= 4 is 16.5 Å². The summed E-state index contributed by atoms with van der Waals surface area (Å²) < 4.78 is 7.23. The van der Waals surface area contributed by atoms with Crippen molar-refractivity contribution in [2.75, 3.05) is 7.11 Å². The van der Waals surface area contributed by atoms with E-state index < -0.39 is 6.10 Å². The van der Waals surface area contributed by atoms with Crippen LogP contribution in [0.3, 0.4) is 0 Å². The van der Waals surface area contributed by atoms with Crippen LogP contribution in [0, 0.1) is 0 Å². The Hall–Kier alpha value is -2.52. The molecule has 1 N–H and O–H groups in total. The van der Waals surface area contributed by atoms with E-state index in [1.807, 2.05) is 37.5 Å². The maximum Gasteiger partial charge on any atom is 0.118 e. The number of fused-ring (bicyclic) bond motifs is 1. The molecule has 0 spiro atoms. The number of aryl methyl sites for hydroxylation is 1. The number of aliphatic hydroxyl groups is 1. The molecule has 1 atom stereocenters. The predicted octanol–water partition coefficient (Wildman–Crippen LogP) is 4.32. The number of benzene rings is 2. The van der Waals surface area contributed by atoms with E-state index in [4.69, 9.17) is 4.74 Å². The standard InChI is InChI=1S/C20H21NO2/c1-14(12-20(22)15-4-7-18(23-3)8-5-15)16-6-9-19-17(13-16)10-11-21(19)2/h4-11,13,20,22H,1,12H2,2-3H3. The van der Waals surface area contributed by atoms with Gasteiger partial charge in [-0.1, -0.05) is 24.8 Å². The zero-order valence-corrected chi connectivity index (χ0v) is 13.5. The molecule has 0 aliphatic carbocycles. The van der Waals surface area contributed by atoms with E-state index in [0.29, 0.717) is 6.42 Å². The minimum absolute atomic E-state index is 0.505. The van der Waals surface area contributed by atoms with Gasteiger partial charge in [-0.25, -0.2) is 0 Å². The number of ether oxygens (including phenoxy) is 1. The molecular formula is C20H21NO2. The van der Waals surface area contributed by atoms with Crippen LogP contribution in [0.2, 0.25) is 0 Å². The monoisotopic (exact) mass is 307 g/mol. The third-order valence-corrected chi connectivity index (χ3v) is 4.23. The summed E-state index contributed by atoms with van der Waals surface area (Å²) in [7, 11) is 3.66. The fourth-order valence-corrected chi connectivity index (χ4v) is 2.80. The molecule has 0 radical (unpaired) electrons. The number of nitrogens with zero attached hydrogens (tertiary/aromatic N) is 1. The molecule has 1 unspecified atom stereocenters. The summed E-state index contributed by atoms with van der Waals surface area (Å²) in [6, 6.07) is 15.9. The summed E-state index contributed by atoms with van der Waals surface area (Å²) in [5, 5.41) is 11.6. The smallest absolute Gasteiger partial charge is 0.118 e. The minimum atomic E-state index is -0.570. The van der Waals surface area contributed by atoms with Crippen molar-refractivity contribution in [3.8, 4) is 5.75 Å². The molecule has 3 nitrogen and oxygen atoms in total. The van der Waals surface area contributed by atoms with Crippen LogP contribution < -0.4 is 4.74 Å². The van der Waals surface area contributed by atoms with Crippen molar-refractivity contribution < 1.29 is 9.84 Å². The highest BCUT2D eigenvalue weighted by Crippen LogP contribution is 2.29. The van der Waals surface area contributed by atoms with Crippen LogP contribution in [-0.2, 0) is 7.05 Å². The van der Waals surface area contributed by atoms with E-state index in [2.05, 4.69) is 35.4 Å². The third kappa shape index (κ3) is 3.15. The molecule has 1 heterocycles. The highest BCUT2D eigenvalue weighted by atomic mass is 16.5. The first-order valence-corrected chi connectivity index (χ1v) is 7.64. The molecule has 0 bridgehead atoms. The first-order chi connectivity index (χ1) is 11.1. The van der Waals surface area contributed by atoms with Crippen LogP contribution in [0.25, 0.3) is 16.5 Å². The lowest BCUT2D eigenvalue weighted by Crippen LogP contribution is -1.99. The average Bonchev–Trinajstić information content (AvgIpc) is 2.95. The Balaban J connectivity index is 1.76. The average molecular weight is 307 g/mol. The molecular weight excluding hydrogens is 286 g/mol. The van der Waals surface area contributed by atoms with Crippen molar-refractivity contribution in [3.05, 3.63) is 72.4 Å². The summed E-state index contributed by atoms with van der Waals surface area (Å²) in [5.74, 6) is 0.786. The number of methoxy groups -OCH3 is 1. The molecule has 118 valence electrons. The van der Waals surface area contributed by atoms with Crippen LogP contribution >= 0.6 is 0 Å². The zero-order chi connectivity index (χ0) is 16.4. The first kappa shape index (κ1) is 15.4. The van der Waals surface area contributed by atoms with E-state index in [1.54, 1.807) is 7.11 Å². The maximum atomic E-state index is 10.4.